The molecule has 0 aliphatic carbocycles. The van der Waals surface area contributed by atoms with Gasteiger partial charge in [0.1, 0.15) is 18.2 Å². The highest BCUT2D eigenvalue weighted by atomic mass is 19.1. The lowest BCUT2D eigenvalue weighted by Crippen LogP contribution is -2.37. The number of rotatable bonds is 7. The summed E-state index contributed by atoms with van der Waals surface area (Å²) in [4.78, 5) is 13.5. The minimum Gasteiger partial charge on any atom is -0.489 e. The lowest BCUT2D eigenvalue weighted by molar-refractivity contribution is -0.0950. The van der Waals surface area contributed by atoms with Gasteiger partial charge in [-0.05, 0) is 35.4 Å². The van der Waals surface area contributed by atoms with Crippen molar-refractivity contribution in [2.75, 3.05) is 38.8 Å². The molecular formula is C24H27FN2O4. The van der Waals surface area contributed by atoms with Crippen LogP contribution in [0, 0.1) is 18.2 Å². The van der Waals surface area contributed by atoms with Gasteiger partial charge in [0.05, 0.1) is 12.1 Å². The van der Waals surface area contributed by atoms with Crippen LogP contribution in [-0.2, 0) is 21.7 Å². The lowest BCUT2D eigenvalue weighted by Gasteiger charge is -2.36. The Kier molecular flexibility index (Phi) is 7.50. The van der Waals surface area contributed by atoms with Gasteiger partial charge in [-0.2, -0.15) is 0 Å². The van der Waals surface area contributed by atoms with Crippen LogP contribution in [0.25, 0.3) is 0 Å². The zero-order valence-corrected chi connectivity index (χ0v) is 17.8. The number of carbonyl (C=O) groups is 1. The normalized spacial score (nSPS) is 15.0. The second-order valence-corrected chi connectivity index (χ2v) is 7.36. The van der Waals surface area contributed by atoms with Crippen LogP contribution in [0.4, 0.5) is 14.9 Å². The monoisotopic (exact) mass is 426 g/mol. The Morgan fingerprint density at radius 3 is 2.61 bits per heavy atom. The molecule has 7 heteroatoms. The average Bonchev–Trinajstić information content (AvgIpc) is 2.81. The van der Waals surface area contributed by atoms with Gasteiger partial charge in [-0.25, -0.2) is 9.18 Å². The fourth-order valence-corrected chi connectivity index (χ4v) is 3.57. The molecule has 2 aromatic rings. The number of benzene rings is 2. The molecule has 31 heavy (non-hydrogen) atoms. The predicted molar refractivity (Wildman–Crippen MR) is 117 cm³/mol. The van der Waals surface area contributed by atoms with Crippen LogP contribution in [0.2, 0.25) is 0 Å². The Morgan fingerprint density at radius 1 is 1.26 bits per heavy atom. The van der Waals surface area contributed by atoms with E-state index in [1.54, 1.807) is 14.2 Å². The molecular weight excluding hydrogens is 399 g/mol. The van der Waals surface area contributed by atoms with Gasteiger partial charge in [0.15, 0.2) is 0 Å². The fourth-order valence-electron chi connectivity index (χ4n) is 3.57. The molecule has 0 atom stereocenters. The SMILES string of the molecule is C#CCNC(=O)N(C)c1ccc(COc2cc(F)cc(C3(OC)CCOCC3)c2)cc1. The number of carbonyl (C=O) groups excluding carboxylic acids is 1. The molecule has 2 aromatic carbocycles. The number of methoxy groups -OCH3 is 1. The molecule has 1 N–H and O–H groups in total. The summed E-state index contributed by atoms with van der Waals surface area (Å²) in [6.45, 7) is 1.57. The van der Waals surface area contributed by atoms with Crippen molar-refractivity contribution in [3.63, 3.8) is 0 Å². The third kappa shape index (κ3) is 5.54. The van der Waals surface area contributed by atoms with Crippen LogP contribution in [0.1, 0.15) is 24.0 Å². The van der Waals surface area contributed by atoms with Gasteiger partial charge >= 0.3 is 6.03 Å². The topological polar surface area (TPSA) is 60.0 Å². The number of hydrogen-bond acceptors (Lipinski definition) is 4. The second-order valence-electron chi connectivity index (χ2n) is 7.36. The van der Waals surface area contributed by atoms with E-state index in [1.807, 2.05) is 30.3 Å². The molecule has 0 bridgehead atoms. The van der Waals surface area contributed by atoms with Crippen LogP contribution >= 0.6 is 0 Å². The van der Waals surface area contributed by atoms with Crippen LogP contribution in [0.15, 0.2) is 42.5 Å². The maximum absolute atomic E-state index is 14.3. The van der Waals surface area contributed by atoms with Crippen LogP contribution < -0.4 is 15.0 Å². The van der Waals surface area contributed by atoms with Gasteiger partial charge in [0.2, 0.25) is 0 Å². The van der Waals surface area contributed by atoms with Crippen molar-refractivity contribution in [1.82, 2.24) is 5.32 Å². The number of amides is 2. The highest BCUT2D eigenvalue weighted by molar-refractivity contribution is 5.91. The number of nitrogens with zero attached hydrogens (tertiary/aromatic N) is 1. The molecule has 1 fully saturated rings. The predicted octanol–water partition coefficient (Wildman–Crippen LogP) is 3.84. The zero-order valence-electron chi connectivity index (χ0n) is 17.8. The van der Waals surface area contributed by atoms with Crippen LogP contribution in [-0.4, -0.2) is 39.9 Å². The van der Waals surface area contributed by atoms with E-state index >= 15 is 0 Å². The number of ether oxygens (including phenoxy) is 3. The largest absolute Gasteiger partial charge is 0.489 e. The number of urea groups is 1. The summed E-state index contributed by atoms with van der Waals surface area (Å²) >= 11 is 0. The number of halogens is 1. The average molecular weight is 426 g/mol. The lowest BCUT2D eigenvalue weighted by atomic mass is 9.86. The molecule has 0 radical (unpaired) electrons. The highest BCUT2D eigenvalue weighted by Crippen LogP contribution is 2.37. The Balaban J connectivity index is 1.67. The van der Waals surface area contributed by atoms with Gasteiger partial charge in [0.25, 0.3) is 0 Å². The standard InChI is InChI=1S/C24H27FN2O4/c1-4-11-26-23(28)27(2)21-7-5-18(6-8-21)17-31-22-15-19(14-20(25)16-22)24(29-3)9-12-30-13-10-24/h1,5-8,14-16H,9-13,17H2,2-3H3,(H,26,28). The van der Waals surface area contributed by atoms with E-state index in [2.05, 4.69) is 11.2 Å². The summed E-state index contributed by atoms with van der Waals surface area (Å²) in [7, 11) is 3.30. The molecule has 2 amide bonds. The van der Waals surface area contributed by atoms with Crippen molar-refractivity contribution < 1.29 is 23.4 Å². The molecule has 1 saturated heterocycles. The third-order valence-electron chi connectivity index (χ3n) is 5.46. The van der Waals surface area contributed by atoms with Gasteiger partial charge in [0, 0.05) is 52.0 Å². The maximum Gasteiger partial charge on any atom is 0.322 e. The minimum absolute atomic E-state index is 0.169. The first-order chi connectivity index (χ1) is 15.0. The first-order valence-corrected chi connectivity index (χ1v) is 10.1. The van der Waals surface area contributed by atoms with Gasteiger partial charge < -0.3 is 19.5 Å². The molecule has 0 saturated carbocycles. The maximum atomic E-state index is 14.3. The molecule has 1 aliphatic heterocycles. The Labute approximate surface area is 182 Å². The van der Waals surface area contributed by atoms with Crippen LogP contribution in [0.5, 0.6) is 5.75 Å². The summed E-state index contributed by atoms with van der Waals surface area (Å²) in [5, 5.41) is 2.61. The molecule has 0 spiro atoms. The summed E-state index contributed by atoms with van der Waals surface area (Å²) in [6.07, 6.45) is 6.49. The van der Waals surface area contributed by atoms with E-state index in [-0.39, 0.29) is 25.0 Å². The summed E-state index contributed by atoms with van der Waals surface area (Å²) in [6, 6.07) is 11.7. The second kappa shape index (κ2) is 10.3. The third-order valence-corrected chi connectivity index (χ3v) is 5.46. The van der Waals surface area contributed by atoms with Gasteiger partial charge in [-0.15, -0.1) is 6.42 Å². The van der Waals surface area contributed by atoms with E-state index in [0.717, 1.165) is 11.1 Å². The van der Waals surface area contributed by atoms with E-state index in [0.29, 0.717) is 37.5 Å². The Bertz CT molecular complexity index is 934. The van der Waals surface area contributed by atoms with Crippen molar-refractivity contribution in [2.45, 2.75) is 25.0 Å². The summed E-state index contributed by atoms with van der Waals surface area (Å²) < 4.78 is 31.3. The molecule has 0 aromatic heterocycles. The number of terminal acetylenes is 1. The molecule has 0 unspecified atom stereocenters. The first kappa shape index (κ1) is 22.6. The summed E-state index contributed by atoms with van der Waals surface area (Å²) in [5.74, 6) is 2.43. The number of nitrogens with one attached hydrogen (secondary N) is 1. The molecule has 3 rings (SSSR count). The molecule has 164 valence electrons. The summed E-state index contributed by atoms with van der Waals surface area (Å²) in [5.41, 5.74) is 1.79. The Hall–Kier alpha value is -3.08. The van der Waals surface area contributed by atoms with Crippen molar-refractivity contribution in [1.29, 1.82) is 0 Å². The Morgan fingerprint density at radius 2 is 1.97 bits per heavy atom. The number of anilines is 1. The zero-order chi connectivity index (χ0) is 22.3. The van der Waals surface area contributed by atoms with E-state index in [9.17, 15) is 9.18 Å². The van der Waals surface area contributed by atoms with E-state index in [1.165, 1.54) is 17.0 Å². The van der Waals surface area contributed by atoms with Crippen LogP contribution in [0.3, 0.4) is 0 Å². The van der Waals surface area contributed by atoms with Crippen molar-refractivity contribution in [2.24, 2.45) is 0 Å². The highest BCUT2D eigenvalue weighted by Gasteiger charge is 2.35. The molecule has 6 nitrogen and oxygen atoms in total. The molecule has 1 heterocycles. The van der Waals surface area contributed by atoms with E-state index in [4.69, 9.17) is 20.6 Å². The molecule has 1 aliphatic rings. The quantitative estimate of drug-likeness (QED) is 0.684. The van der Waals surface area contributed by atoms with Crippen molar-refractivity contribution >= 4 is 11.7 Å². The number of hydrogen-bond donors (Lipinski definition) is 1. The minimum atomic E-state index is -0.565. The van der Waals surface area contributed by atoms with Gasteiger partial charge in [-0.3, -0.25) is 4.90 Å². The van der Waals surface area contributed by atoms with Crippen molar-refractivity contribution in [3.8, 4) is 18.1 Å². The first-order valence-electron chi connectivity index (χ1n) is 10.1. The fraction of sp³-hybridized carbons (Fsp3) is 0.375. The van der Waals surface area contributed by atoms with Crippen molar-refractivity contribution in [3.05, 3.63) is 59.4 Å². The van der Waals surface area contributed by atoms with E-state index < -0.39 is 5.60 Å². The van der Waals surface area contributed by atoms with Gasteiger partial charge in [-0.1, -0.05) is 18.1 Å². The smallest absolute Gasteiger partial charge is 0.322 e.